The molecule has 3 rings (SSSR count). The maximum atomic E-state index is 12.4. The third kappa shape index (κ3) is 5.95. The van der Waals surface area contributed by atoms with E-state index in [1.165, 1.54) is 0 Å². The molecule has 0 spiro atoms. The van der Waals surface area contributed by atoms with Crippen molar-refractivity contribution in [1.29, 1.82) is 0 Å². The number of amides is 1. The number of rotatable bonds is 6. The molecule has 1 heterocycles. The topological polar surface area (TPSA) is 87.3 Å². The molecule has 0 radical (unpaired) electrons. The first-order chi connectivity index (χ1) is 12.4. The zero-order chi connectivity index (χ0) is 18.6. The molecular weight excluding hydrogens is 386 g/mol. The van der Waals surface area contributed by atoms with Crippen LogP contribution in [0.25, 0.3) is 0 Å². The monoisotopic (exact) mass is 409 g/mol. The van der Waals surface area contributed by atoms with Gasteiger partial charge in [-0.05, 0) is 62.7 Å². The van der Waals surface area contributed by atoms with Crippen LogP contribution in [0.1, 0.15) is 24.8 Å². The van der Waals surface area contributed by atoms with Gasteiger partial charge in [-0.2, -0.15) is 0 Å². The number of sulfonamides is 1. The number of hydrogen-bond donors (Lipinski definition) is 3. The quantitative estimate of drug-likeness (QED) is 0.683. The molecule has 27 heavy (non-hydrogen) atoms. The highest BCUT2D eigenvalue weighted by molar-refractivity contribution is 7.92. The van der Waals surface area contributed by atoms with Gasteiger partial charge < -0.3 is 10.6 Å². The number of carbonyl (C=O) groups excluding carboxylic acids is 1. The molecule has 0 aromatic heterocycles. The highest BCUT2D eigenvalue weighted by Crippen LogP contribution is 2.19. The summed E-state index contributed by atoms with van der Waals surface area (Å²) in [7, 11) is -3.63. The predicted octanol–water partition coefficient (Wildman–Crippen LogP) is 3.30. The summed E-state index contributed by atoms with van der Waals surface area (Å²) in [5, 5.41) is 6.13. The van der Waals surface area contributed by atoms with Crippen LogP contribution in [0.15, 0.2) is 53.4 Å². The molecule has 2 aromatic rings. The fourth-order valence-electron chi connectivity index (χ4n) is 2.92. The van der Waals surface area contributed by atoms with Gasteiger partial charge in [-0.3, -0.25) is 9.52 Å². The van der Waals surface area contributed by atoms with E-state index in [0.717, 1.165) is 24.9 Å². The Balaban J connectivity index is 0.00000261. The van der Waals surface area contributed by atoms with Crippen molar-refractivity contribution in [3.8, 4) is 0 Å². The van der Waals surface area contributed by atoms with Crippen molar-refractivity contribution >= 4 is 39.7 Å². The number of aryl methyl sites for hydroxylation is 1. The maximum absolute atomic E-state index is 12.4. The highest BCUT2D eigenvalue weighted by Gasteiger charge is 2.18. The Hall–Kier alpha value is -2.09. The molecule has 1 aliphatic rings. The third-order valence-electron chi connectivity index (χ3n) is 4.35. The second-order valence-corrected chi connectivity index (χ2v) is 8.22. The van der Waals surface area contributed by atoms with Crippen LogP contribution in [-0.2, 0) is 14.8 Å². The van der Waals surface area contributed by atoms with Gasteiger partial charge in [-0.1, -0.05) is 17.7 Å². The lowest BCUT2D eigenvalue weighted by Crippen LogP contribution is -2.27. The van der Waals surface area contributed by atoms with Gasteiger partial charge in [0.25, 0.3) is 10.0 Å². The van der Waals surface area contributed by atoms with E-state index >= 15 is 0 Å². The van der Waals surface area contributed by atoms with Gasteiger partial charge in [-0.25, -0.2) is 8.42 Å². The number of carbonyl (C=O) groups is 1. The van der Waals surface area contributed by atoms with Gasteiger partial charge >= 0.3 is 0 Å². The molecule has 146 valence electrons. The van der Waals surface area contributed by atoms with Crippen LogP contribution in [0, 0.1) is 6.92 Å². The lowest BCUT2D eigenvalue weighted by Gasteiger charge is -2.12. The Kier molecular flexibility index (Phi) is 7.24. The Morgan fingerprint density at radius 2 is 1.70 bits per heavy atom. The molecule has 0 bridgehead atoms. The standard InChI is InChI=1S/C19H23N3O3S.ClH/c1-14-4-10-18(11-5-14)26(24,25)22-16-8-6-15(7-9-16)21-19(23)13-17-3-2-12-20-17;/h4-11,17,20,22H,2-3,12-13H2,1H3,(H,21,23);1H. The molecule has 1 aliphatic heterocycles. The summed E-state index contributed by atoms with van der Waals surface area (Å²) in [5.74, 6) is -0.0441. The molecule has 2 aromatic carbocycles. The smallest absolute Gasteiger partial charge is 0.261 e. The van der Waals surface area contributed by atoms with Gasteiger partial charge in [0.05, 0.1) is 4.90 Å². The van der Waals surface area contributed by atoms with Crippen molar-refractivity contribution in [3.63, 3.8) is 0 Å². The molecule has 1 fully saturated rings. The Labute approximate surface area is 166 Å². The zero-order valence-electron chi connectivity index (χ0n) is 15.1. The molecule has 1 saturated heterocycles. The molecule has 8 heteroatoms. The normalized spacial score (nSPS) is 16.4. The van der Waals surface area contributed by atoms with Gasteiger partial charge in [0.1, 0.15) is 0 Å². The molecule has 1 atom stereocenters. The molecule has 1 unspecified atom stereocenters. The first-order valence-electron chi connectivity index (χ1n) is 8.65. The summed E-state index contributed by atoms with van der Waals surface area (Å²) in [4.78, 5) is 12.2. The summed E-state index contributed by atoms with van der Waals surface area (Å²) in [6, 6.07) is 13.5. The Morgan fingerprint density at radius 3 is 2.30 bits per heavy atom. The molecule has 0 aliphatic carbocycles. The van der Waals surface area contributed by atoms with Crippen molar-refractivity contribution < 1.29 is 13.2 Å². The summed E-state index contributed by atoms with van der Waals surface area (Å²) in [6.45, 7) is 2.87. The lowest BCUT2D eigenvalue weighted by molar-refractivity contribution is -0.116. The highest BCUT2D eigenvalue weighted by atomic mass is 35.5. The van der Waals surface area contributed by atoms with Crippen LogP contribution in [0.4, 0.5) is 11.4 Å². The van der Waals surface area contributed by atoms with Gasteiger partial charge in [-0.15, -0.1) is 12.4 Å². The van der Waals surface area contributed by atoms with Gasteiger partial charge in [0.2, 0.25) is 5.91 Å². The third-order valence-corrected chi connectivity index (χ3v) is 5.74. The minimum Gasteiger partial charge on any atom is -0.326 e. The first-order valence-corrected chi connectivity index (χ1v) is 10.1. The van der Waals surface area contributed by atoms with Crippen molar-refractivity contribution in [2.24, 2.45) is 0 Å². The number of anilines is 2. The average Bonchev–Trinajstić information content (AvgIpc) is 3.09. The summed E-state index contributed by atoms with van der Waals surface area (Å²) >= 11 is 0. The molecule has 3 N–H and O–H groups in total. The summed E-state index contributed by atoms with van der Waals surface area (Å²) in [5.41, 5.74) is 2.09. The fourth-order valence-corrected chi connectivity index (χ4v) is 3.98. The van der Waals surface area contributed by atoms with E-state index in [1.54, 1.807) is 48.5 Å². The van der Waals surface area contributed by atoms with Crippen LogP contribution in [0.2, 0.25) is 0 Å². The maximum Gasteiger partial charge on any atom is 0.261 e. The van der Waals surface area contributed by atoms with E-state index in [-0.39, 0.29) is 29.3 Å². The van der Waals surface area contributed by atoms with E-state index in [2.05, 4.69) is 15.4 Å². The van der Waals surface area contributed by atoms with E-state index in [4.69, 9.17) is 0 Å². The minimum atomic E-state index is -3.63. The van der Waals surface area contributed by atoms with Crippen molar-refractivity contribution in [1.82, 2.24) is 5.32 Å². The van der Waals surface area contributed by atoms with E-state index < -0.39 is 10.0 Å². The number of nitrogens with one attached hydrogen (secondary N) is 3. The van der Waals surface area contributed by atoms with Crippen molar-refractivity contribution in [2.75, 3.05) is 16.6 Å². The van der Waals surface area contributed by atoms with Gasteiger partial charge in [0.15, 0.2) is 0 Å². The fraction of sp³-hybridized carbons (Fsp3) is 0.316. The zero-order valence-corrected chi connectivity index (χ0v) is 16.7. The number of benzene rings is 2. The van der Waals surface area contributed by atoms with E-state index in [0.29, 0.717) is 17.8 Å². The van der Waals surface area contributed by atoms with Crippen molar-refractivity contribution in [3.05, 3.63) is 54.1 Å². The minimum absolute atomic E-state index is 0. The summed E-state index contributed by atoms with van der Waals surface area (Å²) in [6.07, 6.45) is 2.57. The summed E-state index contributed by atoms with van der Waals surface area (Å²) < 4.78 is 27.3. The van der Waals surface area contributed by atoms with Crippen LogP contribution in [-0.4, -0.2) is 26.9 Å². The molecular formula is C19H24ClN3O3S. The molecule has 1 amide bonds. The van der Waals surface area contributed by atoms with Crippen LogP contribution < -0.4 is 15.4 Å². The SMILES string of the molecule is Cc1ccc(S(=O)(=O)Nc2ccc(NC(=O)CC3CCCN3)cc2)cc1.Cl. The largest absolute Gasteiger partial charge is 0.326 e. The second kappa shape index (κ2) is 9.21. The van der Waals surface area contributed by atoms with Crippen LogP contribution >= 0.6 is 12.4 Å². The second-order valence-electron chi connectivity index (χ2n) is 6.54. The average molecular weight is 410 g/mol. The number of halogens is 1. The predicted molar refractivity (Wildman–Crippen MR) is 110 cm³/mol. The lowest BCUT2D eigenvalue weighted by atomic mass is 10.1. The molecule has 0 saturated carbocycles. The first kappa shape index (κ1) is 21.2. The van der Waals surface area contributed by atoms with Gasteiger partial charge in [0, 0.05) is 23.8 Å². The van der Waals surface area contributed by atoms with E-state index in [9.17, 15) is 13.2 Å². The molecule has 6 nitrogen and oxygen atoms in total. The van der Waals surface area contributed by atoms with Crippen LogP contribution in [0.5, 0.6) is 0 Å². The Bertz CT molecular complexity index is 862. The van der Waals surface area contributed by atoms with E-state index in [1.807, 2.05) is 6.92 Å². The van der Waals surface area contributed by atoms with Crippen LogP contribution in [0.3, 0.4) is 0 Å². The van der Waals surface area contributed by atoms with Crippen molar-refractivity contribution in [2.45, 2.75) is 37.1 Å². The Morgan fingerprint density at radius 1 is 1.07 bits per heavy atom. The number of hydrogen-bond acceptors (Lipinski definition) is 4.